The fourth-order valence-electron chi connectivity index (χ4n) is 17.3. The average Bonchev–Trinajstić information content (AvgIpc) is 0.836. The number of aryl methyl sites for hydroxylation is 36. The van der Waals surface area contributed by atoms with Gasteiger partial charge in [-0.15, -0.1) is 0 Å². The monoisotopic (exact) mass is 2130 g/mol. The van der Waals surface area contributed by atoms with E-state index in [0.717, 1.165) is 57.1 Å². The third-order valence-corrected chi connectivity index (χ3v) is 36.9. The second-order valence-electron chi connectivity index (χ2n) is 34.3. The van der Waals surface area contributed by atoms with Gasteiger partial charge < -0.3 is 0 Å². The van der Waals surface area contributed by atoms with Gasteiger partial charge in [0.15, 0.2) is 0 Å². The summed E-state index contributed by atoms with van der Waals surface area (Å²) in [5.41, 5.74) is 50.6. The van der Waals surface area contributed by atoms with Crippen molar-refractivity contribution in [1.82, 2.24) is 0 Å². The van der Waals surface area contributed by atoms with Crippen LogP contribution >= 0.6 is 0 Å². The van der Waals surface area contributed by atoms with Crippen LogP contribution in [0, 0.1) is 257 Å². The molecular weight excluding hydrogens is 1990 g/mol. The number of hydrogen-bond acceptors (Lipinski definition) is 0. The van der Waals surface area contributed by atoms with Crippen molar-refractivity contribution in [2.45, 2.75) is 259 Å². The molecule has 24 radical (unpaired) electrons. The van der Waals surface area contributed by atoms with Gasteiger partial charge in [-0.25, -0.2) is 0 Å². The Balaban J connectivity index is 0.000000302. The standard InChI is InChI=1S/6C18H22Si.C2.2CH3.4Sn/c6*1-11-7-13(3)17(14(4)8-11)19-18-15(5)9-12(2)10-16(18)6;1-2;;;;;;/h6*7-10H,1-6H3;;2*1H3;;;;. The first kappa shape index (κ1) is 109. The van der Waals surface area contributed by atoms with Gasteiger partial charge in [-0.2, -0.15) is 0 Å². The van der Waals surface area contributed by atoms with Gasteiger partial charge in [0.05, 0.1) is 0 Å². The van der Waals surface area contributed by atoms with Gasteiger partial charge in [0, 0.05) is 0 Å². The molecule has 0 aliphatic heterocycles. The van der Waals surface area contributed by atoms with E-state index in [1.165, 1.54) is 308 Å². The fourth-order valence-corrected chi connectivity index (χ4v) is 25.2. The van der Waals surface area contributed by atoms with E-state index in [2.05, 4.69) is 413 Å². The molecule has 0 aliphatic carbocycles. The molecule has 12 rings (SSSR count). The molecule has 0 heterocycles. The predicted octanol–water partition coefficient (Wildman–Crippen LogP) is 18.8. The van der Waals surface area contributed by atoms with Gasteiger partial charge in [-0.1, -0.05) is 408 Å². The minimum absolute atomic E-state index is 0.765. The Kier molecular flexibility index (Phi) is 46.7. The molecule has 10 heteroatoms. The number of benzene rings is 12. The van der Waals surface area contributed by atoms with Gasteiger partial charge in [-0.05, 0) is 249 Å². The van der Waals surface area contributed by atoms with Crippen LogP contribution in [0.3, 0.4) is 0 Å². The first-order valence-corrected chi connectivity index (χ1v) is 57.2. The second-order valence-corrected chi connectivity index (χ2v) is 43.2. The van der Waals surface area contributed by atoms with E-state index in [0.29, 0.717) is 0 Å². The summed E-state index contributed by atoms with van der Waals surface area (Å²) in [6.07, 6.45) is 0. The summed E-state index contributed by atoms with van der Waals surface area (Å²) in [5, 5.41) is 18.2. The van der Waals surface area contributed by atoms with Crippen molar-refractivity contribution in [3.05, 3.63) is 346 Å². The molecule has 0 N–H and O–H groups in total. The summed E-state index contributed by atoms with van der Waals surface area (Å²) in [6, 6.07) is 55.2. The molecule has 0 saturated heterocycles. The van der Waals surface area contributed by atoms with Crippen LogP contribution in [-0.4, -0.2) is 147 Å². The molecule has 0 nitrogen and oxygen atoms in total. The molecule has 0 spiro atoms. The third kappa shape index (κ3) is 33.1. The van der Waals surface area contributed by atoms with Crippen LogP contribution in [0.15, 0.2) is 146 Å². The van der Waals surface area contributed by atoms with E-state index in [9.17, 15) is 0 Å². The van der Waals surface area contributed by atoms with E-state index in [-0.39, 0.29) is 0 Å². The van der Waals surface area contributed by atoms with E-state index in [4.69, 9.17) is 0 Å². The van der Waals surface area contributed by atoms with Crippen molar-refractivity contribution >= 4 is 209 Å². The molecule has 12 aromatic rings. The van der Waals surface area contributed by atoms with Gasteiger partial charge in [0.25, 0.3) is 0 Å². The van der Waals surface area contributed by atoms with Crippen molar-refractivity contribution in [3.63, 3.8) is 0 Å². The predicted molar refractivity (Wildman–Crippen MR) is 560 cm³/mol. The van der Waals surface area contributed by atoms with Gasteiger partial charge in [0.2, 0.25) is 0 Å². The molecule has 122 heavy (non-hydrogen) atoms. The van der Waals surface area contributed by atoms with Crippen LogP contribution < -0.4 is 62.2 Å². The SMILES string of the molecule is Cc1cc(C)c([Si]c2c(C)cc(C)cc2C)c(C)c1.Cc1cc(C)c([Si]c2c(C)cc(C)cc2C)c(C)c1.Cc1cc(C)c([Si]c2c(C)cc(C)cc2C)c(C)c1.Cc1cc(C)c([Si]c2c(C)cc(C)cc2C)c(C)c1.Cc1cc(C)c([Si]c2c(C)cc(C)cc2C)c(C)c1.Cc1cc(C)c([Si]c2c(C)cc(C)cc2C)c(C)c1.[CH3][Sn].[CH3][Sn].[Sn][C]#[C][Sn]. The van der Waals surface area contributed by atoms with Gasteiger partial charge in [-0.3, -0.25) is 0 Å². The van der Waals surface area contributed by atoms with Crippen LogP contribution in [0.1, 0.15) is 200 Å². The Hall–Kier alpha value is -5.30. The zero-order valence-corrected chi connectivity index (χ0v) is 99.3. The van der Waals surface area contributed by atoms with E-state index in [1.807, 2.05) is 0 Å². The summed E-state index contributed by atoms with van der Waals surface area (Å²) in [7, 11) is 4.59. The number of rotatable bonds is 12. The molecule has 0 aliphatic rings. The van der Waals surface area contributed by atoms with Crippen LogP contribution in [0.5, 0.6) is 0 Å². The summed E-state index contributed by atoms with van der Waals surface area (Å²) in [4.78, 5) is 4.18. The van der Waals surface area contributed by atoms with E-state index >= 15 is 0 Å². The fraction of sp³-hybridized carbons (Fsp3) is 0.339. The zero-order chi connectivity index (χ0) is 92.3. The van der Waals surface area contributed by atoms with Crippen molar-refractivity contribution in [3.8, 4) is 7.87 Å². The Morgan fingerprint density at radius 1 is 0.123 bits per heavy atom. The minimum atomic E-state index is 0.765. The van der Waals surface area contributed by atoms with E-state index in [1.54, 1.807) is 45.0 Å². The zero-order valence-electron chi connectivity index (χ0n) is 81.9. The molecule has 12 aromatic carbocycles. The Morgan fingerprint density at radius 2 is 0.172 bits per heavy atom. The molecule has 0 amide bonds. The molecule has 0 fully saturated rings. The number of hydrogen-bond donors (Lipinski definition) is 0. The van der Waals surface area contributed by atoms with Crippen molar-refractivity contribution in [1.29, 1.82) is 0 Å². The maximum absolute atomic E-state index is 2.81. The summed E-state index contributed by atoms with van der Waals surface area (Å²) >= 11 is 5.76. The molecule has 0 unspecified atom stereocenters. The van der Waals surface area contributed by atoms with Crippen LogP contribution in [0.25, 0.3) is 0 Å². The average molecular weight is 2130 g/mol. The second kappa shape index (κ2) is 52.2. The summed E-state index contributed by atoms with van der Waals surface area (Å²) in [5.74, 6) is 0. The van der Waals surface area contributed by atoms with E-state index < -0.39 is 0 Å². The van der Waals surface area contributed by atoms with Crippen molar-refractivity contribution in [2.24, 2.45) is 0 Å². The first-order valence-electron chi connectivity index (χ1n) is 42.6. The Bertz CT molecular complexity index is 4190. The topological polar surface area (TPSA) is 0 Å². The maximum atomic E-state index is 2.81. The third-order valence-electron chi connectivity index (χ3n) is 21.7. The van der Waals surface area contributed by atoms with Crippen LogP contribution in [-0.2, 0) is 0 Å². The first-order chi connectivity index (χ1) is 57.2. The van der Waals surface area contributed by atoms with Gasteiger partial charge in [0.1, 0.15) is 57.1 Å². The summed E-state index contributed by atoms with van der Waals surface area (Å²) in [6.45, 7) is 79.8. The molecule has 0 aromatic heterocycles. The van der Waals surface area contributed by atoms with Crippen molar-refractivity contribution in [2.75, 3.05) is 0 Å². The Morgan fingerprint density at radius 3 is 0.213 bits per heavy atom. The van der Waals surface area contributed by atoms with Crippen LogP contribution in [0.4, 0.5) is 0 Å². The molecule has 0 atom stereocenters. The normalized spacial score (nSPS) is 10.3. The van der Waals surface area contributed by atoms with Crippen molar-refractivity contribution < 1.29 is 0 Å². The van der Waals surface area contributed by atoms with Crippen LogP contribution in [0.2, 0.25) is 9.88 Å². The molecular formula is C112H138Si6Sn4. The molecule has 626 valence electrons. The Labute approximate surface area is 813 Å². The quantitative estimate of drug-likeness (QED) is 0.0845. The van der Waals surface area contributed by atoms with Gasteiger partial charge >= 0.3 is 108 Å². The molecule has 0 bridgehead atoms. The molecule has 0 saturated carbocycles. The summed E-state index contributed by atoms with van der Waals surface area (Å²) < 4.78 is 5.62.